The average molecular weight is 365 g/mol. The van der Waals surface area contributed by atoms with Crippen LogP contribution in [0, 0.1) is 0 Å². The van der Waals surface area contributed by atoms with Crippen LogP contribution in [0.1, 0.15) is 19.8 Å². The Morgan fingerprint density at radius 3 is 2.50 bits per heavy atom. The fourth-order valence-electron chi connectivity index (χ4n) is 2.96. The van der Waals surface area contributed by atoms with E-state index < -0.39 is 10.0 Å². The van der Waals surface area contributed by atoms with Gasteiger partial charge in [-0.05, 0) is 31.9 Å². The fourth-order valence-corrected chi connectivity index (χ4v) is 6.07. The summed E-state index contributed by atoms with van der Waals surface area (Å²) in [5, 5.41) is 0. The van der Waals surface area contributed by atoms with E-state index in [2.05, 4.69) is 0 Å². The highest BCUT2D eigenvalue weighted by molar-refractivity contribution is 7.91. The zero-order valence-electron chi connectivity index (χ0n) is 12.1. The predicted molar refractivity (Wildman–Crippen MR) is 83.8 cm³/mol. The number of rotatable bonds is 3. The summed E-state index contributed by atoms with van der Waals surface area (Å²) in [5.41, 5.74) is 0. The third kappa shape index (κ3) is 2.84. The first-order valence-corrected chi connectivity index (χ1v) is 9.73. The largest absolute Gasteiger partial charge is 0.447 e. The summed E-state index contributed by atoms with van der Waals surface area (Å²) in [4.78, 5) is 13.5. The van der Waals surface area contributed by atoms with Crippen molar-refractivity contribution in [3.05, 3.63) is 16.5 Å². The lowest BCUT2D eigenvalue weighted by atomic mass is 10.0. The molecule has 1 aromatic rings. The molecule has 2 saturated heterocycles. The molecule has 0 aliphatic carbocycles. The standard InChI is InChI=1S/C13H17ClN2O4S2/c1-9-8-20-13(17)16(9)10-4-6-15(7-5-10)22(18,19)12-3-2-11(14)21-12/h2-3,9-10H,4-8H2,1H3. The highest BCUT2D eigenvalue weighted by atomic mass is 35.5. The van der Waals surface area contributed by atoms with Gasteiger partial charge in [0.25, 0.3) is 10.0 Å². The van der Waals surface area contributed by atoms with Crippen LogP contribution in [-0.2, 0) is 14.8 Å². The zero-order chi connectivity index (χ0) is 15.9. The van der Waals surface area contributed by atoms with Crippen LogP contribution in [0.5, 0.6) is 0 Å². The third-order valence-corrected chi connectivity index (χ3v) is 7.69. The summed E-state index contributed by atoms with van der Waals surface area (Å²) in [7, 11) is -3.48. The topological polar surface area (TPSA) is 66.9 Å². The summed E-state index contributed by atoms with van der Waals surface area (Å²) in [6.07, 6.45) is 0.953. The summed E-state index contributed by atoms with van der Waals surface area (Å²) in [6, 6.07) is 3.22. The van der Waals surface area contributed by atoms with Crippen LogP contribution >= 0.6 is 22.9 Å². The Morgan fingerprint density at radius 2 is 2.00 bits per heavy atom. The minimum absolute atomic E-state index is 0.0448. The number of halogens is 1. The van der Waals surface area contributed by atoms with Crippen molar-refractivity contribution in [3.8, 4) is 0 Å². The zero-order valence-corrected chi connectivity index (χ0v) is 14.5. The highest BCUT2D eigenvalue weighted by Crippen LogP contribution is 2.31. The molecule has 1 aromatic heterocycles. The monoisotopic (exact) mass is 364 g/mol. The van der Waals surface area contributed by atoms with E-state index in [-0.39, 0.29) is 22.4 Å². The van der Waals surface area contributed by atoms with E-state index in [0.717, 1.165) is 11.3 Å². The van der Waals surface area contributed by atoms with Crippen molar-refractivity contribution in [2.24, 2.45) is 0 Å². The van der Waals surface area contributed by atoms with Crippen LogP contribution < -0.4 is 0 Å². The molecule has 2 aliphatic rings. The van der Waals surface area contributed by atoms with E-state index in [1.165, 1.54) is 10.4 Å². The molecule has 1 amide bonds. The Labute approximate surface area is 138 Å². The number of amides is 1. The lowest BCUT2D eigenvalue weighted by molar-refractivity contribution is 0.127. The summed E-state index contributed by atoms with van der Waals surface area (Å²) >= 11 is 6.89. The summed E-state index contributed by atoms with van der Waals surface area (Å²) in [5.74, 6) is 0. The van der Waals surface area contributed by atoms with E-state index in [1.807, 2.05) is 6.92 Å². The average Bonchev–Trinajstić information content (AvgIpc) is 3.06. The second-order valence-corrected chi connectivity index (χ2v) is 9.41. The van der Waals surface area contributed by atoms with E-state index in [9.17, 15) is 13.2 Å². The van der Waals surface area contributed by atoms with E-state index in [4.69, 9.17) is 16.3 Å². The Balaban J connectivity index is 1.68. The minimum Gasteiger partial charge on any atom is -0.447 e. The maximum atomic E-state index is 12.5. The van der Waals surface area contributed by atoms with Gasteiger partial charge in [0.05, 0.1) is 10.4 Å². The van der Waals surface area contributed by atoms with Crippen LogP contribution in [0.4, 0.5) is 4.79 Å². The van der Waals surface area contributed by atoms with Gasteiger partial charge < -0.3 is 4.74 Å². The van der Waals surface area contributed by atoms with Gasteiger partial charge in [0, 0.05) is 19.1 Å². The summed E-state index contributed by atoms with van der Waals surface area (Å²) < 4.78 is 32.3. The van der Waals surface area contributed by atoms with E-state index in [0.29, 0.717) is 36.9 Å². The molecule has 0 spiro atoms. The number of thiophene rings is 1. The molecule has 1 unspecified atom stereocenters. The molecule has 9 heteroatoms. The molecular weight excluding hydrogens is 348 g/mol. The fraction of sp³-hybridized carbons (Fsp3) is 0.615. The number of sulfonamides is 1. The van der Waals surface area contributed by atoms with Gasteiger partial charge in [-0.1, -0.05) is 11.6 Å². The maximum Gasteiger partial charge on any atom is 0.410 e. The molecule has 3 rings (SSSR count). The number of piperidine rings is 1. The number of ether oxygens (including phenoxy) is 1. The van der Waals surface area contributed by atoms with Gasteiger partial charge in [0.15, 0.2) is 0 Å². The lowest BCUT2D eigenvalue weighted by Crippen LogP contribution is -2.49. The van der Waals surface area contributed by atoms with Crippen LogP contribution in [-0.4, -0.2) is 55.5 Å². The molecule has 0 aromatic carbocycles. The second-order valence-electron chi connectivity index (χ2n) is 5.53. The third-order valence-electron chi connectivity index (χ3n) is 4.09. The van der Waals surface area contributed by atoms with Gasteiger partial charge in [0.2, 0.25) is 0 Å². The molecule has 1 atom stereocenters. The number of carbonyl (C=O) groups excluding carboxylic acids is 1. The lowest BCUT2D eigenvalue weighted by Gasteiger charge is -2.36. The normalized spacial score (nSPS) is 24.7. The van der Waals surface area contributed by atoms with Gasteiger partial charge in [-0.2, -0.15) is 4.31 Å². The van der Waals surface area contributed by atoms with Gasteiger partial charge in [-0.25, -0.2) is 13.2 Å². The van der Waals surface area contributed by atoms with Gasteiger partial charge in [-0.15, -0.1) is 11.3 Å². The second kappa shape index (κ2) is 5.99. The van der Waals surface area contributed by atoms with Crippen molar-refractivity contribution < 1.29 is 17.9 Å². The van der Waals surface area contributed by atoms with E-state index in [1.54, 1.807) is 11.0 Å². The van der Waals surface area contributed by atoms with Crippen LogP contribution in [0.2, 0.25) is 4.34 Å². The van der Waals surface area contributed by atoms with Crippen LogP contribution in [0.3, 0.4) is 0 Å². The molecule has 2 fully saturated rings. The Kier molecular flexibility index (Phi) is 4.37. The Hall–Kier alpha value is -0.830. The van der Waals surface area contributed by atoms with Crippen molar-refractivity contribution in [2.45, 2.75) is 36.1 Å². The highest BCUT2D eigenvalue weighted by Gasteiger charge is 2.39. The Bertz CT molecular complexity index is 667. The summed E-state index contributed by atoms with van der Waals surface area (Å²) in [6.45, 7) is 3.16. The molecule has 0 saturated carbocycles. The van der Waals surface area contributed by atoms with Crippen LogP contribution in [0.25, 0.3) is 0 Å². The first kappa shape index (κ1) is 16.0. The van der Waals surface area contributed by atoms with Crippen molar-refractivity contribution in [2.75, 3.05) is 19.7 Å². The Morgan fingerprint density at radius 1 is 1.32 bits per heavy atom. The molecule has 22 heavy (non-hydrogen) atoms. The van der Waals surface area contributed by atoms with Gasteiger partial charge in [0.1, 0.15) is 10.8 Å². The number of hydrogen-bond donors (Lipinski definition) is 0. The van der Waals surface area contributed by atoms with Crippen LogP contribution in [0.15, 0.2) is 16.3 Å². The predicted octanol–water partition coefficient (Wildman–Crippen LogP) is 2.40. The van der Waals surface area contributed by atoms with Gasteiger partial charge in [-0.3, -0.25) is 4.90 Å². The molecule has 3 heterocycles. The smallest absolute Gasteiger partial charge is 0.410 e. The first-order valence-electron chi connectivity index (χ1n) is 7.10. The van der Waals surface area contributed by atoms with Crippen molar-refractivity contribution in [1.82, 2.24) is 9.21 Å². The molecule has 6 nitrogen and oxygen atoms in total. The van der Waals surface area contributed by atoms with Crippen molar-refractivity contribution >= 4 is 39.1 Å². The van der Waals surface area contributed by atoms with E-state index >= 15 is 0 Å². The molecular formula is C13H17ClN2O4S2. The molecule has 2 aliphatic heterocycles. The molecule has 0 N–H and O–H groups in total. The molecule has 122 valence electrons. The molecule has 0 bridgehead atoms. The van der Waals surface area contributed by atoms with Crippen molar-refractivity contribution in [1.29, 1.82) is 0 Å². The number of hydrogen-bond acceptors (Lipinski definition) is 5. The first-order chi connectivity index (χ1) is 10.4. The number of nitrogens with zero attached hydrogens (tertiary/aromatic N) is 2. The quantitative estimate of drug-likeness (QED) is 0.826. The molecule has 0 radical (unpaired) electrons. The van der Waals surface area contributed by atoms with Crippen molar-refractivity contribution in [3.63, 3.8) is 0 Å². The SMILES string of the molecule is CC1COC(=O)N1C1CCN(S(=O)(=O)c2ccc(Cl)s2)CC1. The number of carbonyl (C=O) groups is 1. The number of cyclic esters (lactones) is 1. The van der Waals surface area contributed by atoms with Gasteiger partial charge >= 0.3 is 6.09 Å². The maximum absolute atomic E-state index is 12.5. The minimum atomic E-state index is -3.48.